The van der Waals surface area contributed by atoms with Crippen LogP contribution >= 0.6 is 11.8 Å². The Labute approximate surface area is 187 Å². The van der Waals surface area contributed by atoms with Crippen molar-refractivity contribution in [3.63, 3.8) is 0 Å². The van der Waals surface area contributed by atoms with E-state index in [2.05, 4.69) is 6.92 Å². The van der Waals surface area contributed by atoms with Crippen molar-refractivity contribution in [3.8, 4) is 0 Å². The summed E-state index contributed by atoms with van der Waals surface area (Å²) in [5.41, 5.74) is -1.12. The van der Waals surface area contributed by atoms with Gasteiger partial charge in [0.15, 0.2) is 6.29 Å². The van der Waals surface area contributed by atoms with Gasteiger partial charge in [-0.2, -0.15) is 0 Å². The molecule has 0 aromatic heterocycles. The molecule has 2 aliphatic heterocycles. The lowest BCUT2D eigenvalue weighted by atomic mass is 10.0. The van der Waals surface area contributed by atoms with Gasteiger partial charge in [-0.1, -0.05) is 39.0 Å². The summed E-state index contributed by atoms with van der Waals surface area (Å²) >= 11 is 0.856. The van der Waals surface area contributed by atoms with E-state index >= 15 is 0 Å². The van der Waals surface area contributed by atoms with Crippen molar-refractivity contribution >= 4 is 11.8 Å². The van der Waals surface area contributed by atoms with Crippen LogP contribution in [0.25, 0.3) is 0 Å². The van der Waals surface area contributed by atoms with Crippen molar-refractivity contribution in [2.24, 2.45) is 0 Å². The highest BCUT2D eigenvalue weighted by molar-refractivity contribution is 8.00. The van der Waals surface area contributed by atoms with Gasteiger partial charge in [-0.05, 0) is 6.42 Å². The maximum Gasteiger partial charge on any atom is 0.186 e. The molecule has 0 aliphatic carbocycles. The zero-order chi connectivity index (χ0) is 23.0. The van der Waals surface area contributed by atoms with Crippen molar-refractivity contribution in [3.05, 3.63) is 0 Å². The average Bonchev–Trinajstić information content (AvgIpc) is 2.77. The Morgan fingerprint density at radius 2 is 1.35 bits per heavy atom. The van der Waals surface area contributed by atoms with Crippen LogP contribution in [-0.2, 0) is 14.2 Å². The van der Waals surface area contributed by atoms with Crippen LogP contribution in [0.15, 0.2) is 0 Å². The minimum absolute atomic E-state index is 0.350. The summed E-state index contributed by atoms with van der Waals surface area (Å²) in [5, 5.41) is 69.3. The third-order valence-corrected chi connectivity index (χ3v) is 7.30. The summed E-state index contributed by atoms with van der Waals surface area (Å²) in [7, 11) is 0. The molecule has 184 valence electrons. The highest BCUT2D eigenvalue weighted by atomic mass is 32.2. The lowest BCUT2D eigenvalue weighted by molar-refractivity contribution is -0.268. The van der Waals surface area contributed by atoms with Gasteiger partial charge in [0.1, 0.15) is 36.0 Å². The molecule has 0 bridgehead atoms. The molecule has 2 rings (SSSR count). The standard InChI is InChI=1S/C20H38O10S/c1-2-3-4-5-6-7-8-28-19-16(26)15(25)18(12(10-22)29-19)31-20-17(27)14(24)13(23)11(9-21)30-20/h11-27H,2-10H2,1H3/t11?,12?,13-,14?,15?,16?,17?,18+,19-,20+/m1/s1. The Balaban J connectivity index is 1.90. The smallest absolute Gasteiger partial charge is 0.186 e. The minimum Gasteiger partial charge on any atom is -0.394 e. The van der Waals surface area contributed by atoms with E-state index < -0.39 is 72.9 Å². The van der Waals surface area contributed by atoms with Crippen LogP contribution in [0.2, 0.25) is 0 Å². The van der Waals surface area contributed by atoms with Crippen molar-refractivity contribution in [1.29, 1.82) is 0 Å². The van der Waals surface area contributed by atoms with Crippen LogP contribution in [0.1, 0.15) is 45.4 Å². The number of hydrogen-bond acceptors (Lipinski definition) is 11. The molecule has 2 fully saturated rings. The molecule has 0 aromatic carbocycles. The predicted molar refractivity (Wildman–Crippen MR) is 112 cm³/mol. The molecule has 0 amide bonds. The van der Waals surface area contributed by atoms with E-state index in [1.165, 1.54) is 19.3 Å². The summed E-state index contributed by atoms with van der Waals surface area (Å²) in [6.45, 7) is 1.45. The molecule has 0 saturated carbocycles. The van der Waals surface area contributed by atoms with E-state index in [1.54, 1.807) is 0 Å². The summed E-state index contributed by atoms with van der Waals surface area (Å²) < 4.78 is 16.7. The fourth-order valence-electron chi connectivity index (χ4n) is 3.77. The average molecular weight is 471 g/mol. The monoisotopic (exact) mass is 470 g/mol. The molecule has 0 aromatic rings. The molecule has 7 N–H and O–H groups in total. The van der Waals surface area contributed by atoms with E-state index in [1.807, 2.05) is 0 Å². The Kier molecular flexibility index (Phi) is 11.9. The van der Waals surface area contributed by atoms with E-state index in [4.69, 9.17) is 14.2 Å². The SMILES string of the molecule is CCCCCCCCO[C@@H]1OC(CO)[C@H](S[C@@H]2OC(CO)[C@@H](O)C(O)C2O)C(O)C1O. The highest BCUT2D eigenvalue weighted by Gasteiger charge is 2.50. The Bertz CT molecular complexity index is 497. The van der Waals surface area contributed by atoms with Crippen LogP contribution < -0.4 is 0 Å². The fraction of sp³-hybridized carbons (Fsp3) is 1.00. The van der Waals surface area contributed by atoms with E-state index in [0.29, 0.717) is 6.61 Å². The molecule has 10 nitrogen and oxygen atoms in total. The zero-order valence-corrected chi connectivity index (χ0v) is 18.7. The van der Waals surface area contributed by atoms with Crippen molar-refractivity contribution in [2.45, 2.75) is 105 Å². The topological polar surface area (TPSA) is 169 Å². The normalized spacial score (nSPS) is 41.4. The van der Waals surface area contributed by atoms with Crippen molar-refractivity contribution in [2.75, 3.05) is 19.8 Å². The number of aliphatic hydroxyl groups excluding tert-OH is 7. The predicted octanol–water partition coefficient (Wildman–Crippen LogP) is -1.30. The Morgan fingerprint density at radius 3 is 2.00 bits per heavy atom. The molecule has 6 unspecified atom stereocenters. The summed E-state index contributed by atoms with van der Waals surface area (Å²) in [6, 6.07) is 0. The second kappa shape index (κ2) is 13.6. The van der Waals surface area contributed by atoms with Gasteiger partial charge in [-0.25, -0.2) is 0 Å². The number of hydrogen-bond donors (Lipinski definition) is 7. The van der Waals surface area contributed by atoms with Gasteiger partial charge in [-0.3, -0.25) is 0 Å². The first-order chi connectivity index (χ1) is 14.8. The maximum absolute atomic E-state index is 10.6. The molecule has 2 aliphatic rings. The third kappa shape index (κ3) is 7.21. The first-order valence-electron chi connectivity index (χ1n) is 11.1. The summed E-state index contributed by atoms with van der Waals surface area (Å²) in [6.07, 6.45) is -4.01. The highest BCUT2D eigenvalue weighted by Crippen LogP contribution is 2.37. The first kappa shape index (κ1) is 27.2. The molecular weight excluding hydrogens is 432 g/mol. The van der Waals surface area contributed by atoms with Crippen molar-refractivity contribution in [1.82, 2.24) is 0 Å². The number of thioether (sulfide) groups is 1. The van der Waals surface area contributed by atoms with Crippen LogP contribution in [-0.4, -0.2) is 115 Å². The Morgan fingerprint density at radius 1 is 0.710 bits per heavy atom. The first-order valence-corrected chi connectivity index (χ1v) is 12.0. The van der Waals surface area contributed by atoms with Gasteiger partial charge in [-0.15, -0.1) is 11.8 Å². The third-order valence-electron chi connectivity index (χ3n) is 5.74. The molecule has 11 heteroatoms. The van der Waals surface area contributed by atoms with Gasteiger partial charge >= 0.3 is 0 Å². The van der Waals surface area contributed by atoms with Crippen LogP contribution in [0.5, 0.6) is 0 Å². The van der Waals surface area contributed by atoms with Gasteiger partial charge in [0.05, 0.1) is 30.7 Å². The molecule has 31 heavy (non-hydrogen) atoms. The van der Waals surface area contributed by atoms with Crippen LogP contribution in [0.4, 0.5) is 0 Å². The molecule has 2 saturated heterocycles. The molecular formula is C20H38O10S. The summed E-state index contributed by atoms with van der Waals surface area (Å²) in [5.74, 6) is 0. The molecule has 10 atom stereocenters. The largest absolute Gasteiger partial charge is 0.394 e. The minimum atomic E-state index is -1.56. The van der Waals surface area contributed by atoms with E-state index in [0.717, 1.165) is 31.0 Å². The number of unbranched alkanes of at least 4 members (excludes halogenated alkanes) is 5. The van der Waals surface area contributed by atoms with E-state index in [-0.39, 0.29) is 0 Å². The number of rotatable bonds is 12. The fourth-order valence-corrected chi connectivity index (χ4v) is 5.26. The second-order valence-corrected chi connectivity index (χ2v) is 9.42. The zero-order valence-electron chi connectivity index (χ0n) is 17.9. The van der Waals surface area contributed by atoms with Gasteiger partial charge in [0.2, 0.25) is 0 Å². The van der Waals surface area contributed by atoms with Gasteiger partial charge in [0, 0.05) is 6.61 Å². The lowest BCUT2D eigenvalue weighted by Crippen LogP contribution is -2.61. The van der Waals surface area contributed by atoms with E-state index in [9.17, 15) is 35.7 Å². The second-order valence-electron chi connectivity index (χ2n) is 8.14. The molecule has 0 radical (unpaired) electrons. The van der Waals surface area contributed by atoms with Gasteiger partial charge in [0.25, 0.3) is 0 Å². The van der Waals surface area contributed by atoms with Gasteiger partial charge < -0.3 is 50.0 Å². The maximum atomic E-state index is 10.6. The molecule has 0 spiro atoms. The quantitative estimate of drug-likeness (QED) is 0.169. The van der Waals surface area contributed by atoms with Crippen molar-refractivity contribution < 1.29 is 50.0 Å². The lowest BCUT2D eigenvalue weighted by Gasteiger charge is -2.45. The number of aliphatic hydroxyl groups is 7. The number of ether oxygens (including phenoxy) is 3. The van der Waals surface area contributed by atoms with Crippen LogP contribution in [0, 0.1) is 0 Å². The summed E-state index contributed by atoms with van der Waals surface area (Å²) in [4.78, 5) is 0. The Hall–Kier alpha value is -0.0500. The van der Waals surface area contributed by atoms with Crippen LogP contribution in [0.3, 0.4) is 0 Å². The molecule has 2 heterocycles.